The largest absolute Gasteiger partial charge is 0.320 e. The van der Waals surface area contributed by atoms with Crippen LogP contribution in [0.3, 0.4) is 0 Å². The van der Waals surface area contributed by atoms with Crippen molar-refractivity contribution in [1.29, 1.82) is 0 Å². The third kappa shape index (κ3) is 2.98. The Morgan fingerprint density at radius 1 is 1.42 bits per heavy atom. The average Bonchev–Trinajstić information content (AvgIpc) is 2.99. The summed E-state index contributed by atoms with van der Waals surface area (Å²) in [5, 5.41) is 3.98. The summed E-state index contributed by atoms with van der Waals surface area (Å²) in [6.07, 6.45) is 4.01. The monoisotopic (exact) mass is 296 g/mol. The van der Waals surface area contributed by atoms with E-state index in [0.29, 0.717) is 11.8 Å². The molecule has 0 aromatic carbocycles. The van der Waals surface area contributed by atoms with E-state index in [0.717, 1.165) is 6.54 Å². The van der Waals surface area contributed by atoms with Crippen molar-refractivity contribution in [2.45, 2.75) is 37.6 Å². The van der Waals surface area contributed by atoms with E-state index in [4.69, 9.17) is 0 Å². The number of aryl methyl sites for hydroxylation is 1. The van der Waals surface area contributed by atoms with Gasteiger partial charge in [0.15, 0.2) is 0 Å². The van der Waals surface area contributed by atoms with Crippen LogP contribution in [0.5, 0.6) is 0 Å². The molecule has 3 heterocycles. The lowest BCUT2D eigenvalue weighted by atomic mass is 10.2. The first-order valence-corrected chi connectivity index (χ1v) is 8.81. The van der Waals surface area contributed by atoms with Gasteiger partial charge in [-0.3, -0.25) is 10.1 Å². The summed E-state index contributed by atoms with van der Waals surface area (Å²) in [6, 6.07) is 4.29. The summed E-state index contributed by atoms with van der Waals surface area (Å²) in [5.74, 6) is 1.50. The number of rotatable bonds is 3. The van der Waals surface area contributed by atoms with Crippen LogP contribution in [0, 0.1) is 6.92 Å². The zero-order valence-corrected chi connectivity index (χ0v) is 12.9. The number of nitrogens with zero attached hydrogens (tertiary/aromatic N) is 1. The zero-order valence-electron chi connectivity index (χ0n) is 11.2. The highest BCUT2D eigenvalue weighted by Gasteiger charge is 2.34. The summed E-state index contributed by atoms with van der Waals surface area (Å²) in [4.78, 5) is 16.7. The smallest absolute Gasteiger partial charge is 0.238 e. The lowest BCUT2D eigenvalue weighted by molar-refractivity contribution is -0.128. The number of thioether (sulfide) groups is 1. The van der Waals surface area contributed by atoms with Gasteiger partial charge in [-0.15, -0.1) is 11.3 Å². The van der Waals surface area contributed by atoms with Gasteiger partial charge in [-0.2, -0.15) is 11.8 Å². The molecule has 2 unspecified atom stereocenters. The van der Waals surface area contributed by atoms with E-state index < -0.39 is 0 Å². The van der Waals surface area contributed by atoms with E-state index in [2.05, 4.69) is 24.4 Å². The van der Waals surface area contributed by atoms with Gasteiger partial charge in [-0.1, -0.05) is 6.42 Å². The molecular formula is C14H20N2OS2. The number of nitrogens with one attached hydrogen (secondary N) is 1. The van der Waals surface area contributed by atoms with Gasteiger partial charge in [-0.05, 0) is 37.7 Å². The molecule has 1 amide bonds. The first-order chi connectivity index (χ1) is 9.24. The quantitative estimate of drug-likeness (QED) is 0.931. The number of amides is 1. The molecule has 3 nitrogen and oxygen atoms in total. The number of hydrogen-bond donors (Lipinski definition) is 1. The standard InChI is InChI=1S/C14H20N2OS2/c1-10-5-6-12(19-10)14-15-8-13(17)16(14)9-11-4-2-3-7-18-11/h5-6,11,14-15H,2-4,7-9H2,1H3. The summed E-state index contributed by atoms with van der Waals surface area (Å²) >= 11 is 3.83. The van der Waals surface area contributed by atoms with Crippen LogP contribution in [-0.4, -0.2) is 34.9 Å². The van der Waals surface area contributed by atoms with Gasteiger partial charge in [-0.25, -0.2) is 0 Å². The molecule has 0 aliphatic carbocycles. The molecule has 2 saturated heterocycles. The Hall–Kier alpha value is -0.520. The van der Waals surface area contributed by atoms with Crippen molar-refractivity contribution >= 4 is 29.0 Å². The molecule has 1 N–H and O–H groups in total. The second-order valence-corrected chi connectivity index (χ2v) is 7.99. The Morgan fingerprint density at radius 3 is 3.00 bits per heavy atom. The summed E-state index contributed by atoms with van der Waals surface area (Å²) in [6.45, 7) is 3.50. The Bertz CT molecular complexity index is 454. The average molecular weight is 296 g/mol. The fourth-order valence-electron chi connectivity index (χ4n) is 2.77. The zero-order chi connectivity index (χ0) is 13.2. The molecule has 19 heavy (non-hydrogen) atoms. The van der Waals surface area contributed by atoms with Gasteiger partial charge < -0.3 is 4.90 Å². The minimum absolute atomic E-state index is 0.105. The highest BCUT2D eigenvalue weighted by Crippen LogP contribution is 2.32. The van der Waals surface area contributed by atoms with E-state index in [1.165, 1.54) is 34.8 Å². The number of carbonyl (C=O) groups is 1. The van der Waals surface area contributed by atoms with E-state index in [1.54, 1.807) is 11.3 Å². The SMILES string of the molecule is Cc1ccc(C2NCC(=O)N2CC2CCCCS2)s1. The van der Waals surface area contributed by atoms with E-state index >= 15 is 0 Å². The minimum Gasteiger partial charge on any atom is -0.320 e. The third-order valence-electron chi connectivity index (χ3n) is 3.78. The van der Waals surface area contributed by atoms with Crippen LogP contribution in [0.2, 0.25) is 0 Å². The van der Waals surface area contributed by atoms with Gasteiger partial charge >= 0.3 is 0 Å². The summed E-state index contributed by atoms with van der Waals surface area (Å²) in [5.41, 5.74) is 0. The van der Waals surface area contributed by atoms with E-state index in [1.807, 2.05) is 16.7 Å². The molecule has 3 rings (SSSR count). The number of thiophene rings is 1. The van der Waals surface area contributed by atoms with Crippen LogP contribution in [0.4, 0.5) is 0 Å². The second kappa shape index (κ2) is 5.85. The fourth-order valence-corrected chi connectivity index (χ4v) is 5.04. The molecule has 2 aliphatic rings. The van der Waals surface area contributed by atoms with Gasteiger partial charge in [0.05, 0.1) is 6.54 Å². The van der Waals surface area contributed by atoms with Crippen molar-refractivity contribution in [3.8, 4) is 0 Å². The second-order valence-electron chi connectivity index (χ2n) is 5.27. The predicted octanol–water partition coefficient (Wildman–Crippen LogP) is 2.77. The van der Waals surface area contributed by atoms with Crippen molar-refractivity contribution < 1.29 is 4.79 Å². The van der Waals surface area contributed by atoms with Gasteiger partial charge in [0.2, 0.25) is 5.91 Å². The molecule has 1 aromatic heterocycles. The highest BCUT2D eigenvalue weighted by atomic mass is 32.2. The molecule has 1 aromatic rings. The highest BCUT2D eigenvalue weighted by molar-refractivity contribution is 7.99. The van der Waals surface area contributed by atoms with Crippen LogP contribution in [0.15, 0.2) is 12.1 Å². The molecule has 2 atom stereocenters. The molecule has 104 valence electrons. The lowest BCUT2D eigenvalue weighted by Crippen LogP contribution is -2.36. The maximum absolute atomic E-state index is 12.1. The normalized spacial score (nSPS) is 28.1. The van der Waals surface area contributed by atoms with Gasteiger partial charge in [0.25, 0.3) is 0 Å². The topological polar surface area (TPSA) is 32.3 Å². The first kappa shape index (κ1) is 13.5. The Morgan fingerprint density at radius 2 is 2.32 bits per heavy atom. The molecule has 0 saturated carbocycles. The molecule has 0 spiro atoms. The lowest BCUT2D eigenvalue weighted by Gasteiger charge is -2.30. The maximum Gasteiger partial charge on any atom is 0.238 e. The van der Waals surface area contributed by atoms with Crippen LogP contribution < -0.4 is 5.32 Å². The van der Waals surface area contributed by atoms with Crippen LogP contribution in [0.25, 0.3) is 0 Å². The van der Waals surface area contributed by atoms with Crippen molar-refractivity contribution in [2.24, 2.45) is 0 Å². The molecule has 5 heteroatoms. The minimum atomic E-state index is 0.105. The Balaban J connectivity index is 1.71. The Labute approximate surface area is 122 Å². The predicted molar refractivity (Wildman–Crippen MR) is 81.6 cm³/mol. The van der Waals surface area contributed by atoms with Crippen molar-refractivity contribution in [2.75, 3.05) is 18.8 Å². The summed E-state index contributed by atoms with van der Waals surface area (Å²) in [7, 11) is 0. The van der Waals surface area contributed by atoms with Crippen molar-refractivity contribution in [1.82, 2.24) is 10.2 Å². The van der Waals surface area contributed by atoms with Gasteiger partial charge in [0, 0.05) is 21.5 Å². The molecule has 0 radical (unpaired) electrons. The molecular weight excluding hydrogens is 276 g/mol. The molecule has 2 aliphatic heterocycles. The van der Waals surface area contributed by atoms with Crippen LogP contribution in [0.1, 0.15) is 35.2 Å². The van der Waals surface area contributed by atoms with E-state index in [-0.39, 0.29) is 12.1 Å². The number of carbonyl (C=O) groups excluding carboxylic acids is 1. The van der Waals surface area contributed by atoms with Crippen LogP contribution in [-0.2, 0) is 4.79 Å². The van der Waals surface area contributed by atoms with Gasteiger partial charge in [0.1, 0.15) is 6.17 Å². The van der Waals surface area contributed by atoms with Crippen molar-refractivity contribution in [3.63, 3.8) is 0 Å². The van der Waals surface area contributed by atoms with E-state index in [9.17, 15) is 4.79 Å². The van der Waals surface area contributed by atoms with Crippen LogP contribution >= 0.6 is 23.1 Å². The number of hydrogen-bond acceptors (Lipinski definition) is 4. The molecule has 0 bridgehead atoms. The summed E-state index contributed by atoms with van der Waals surface area (Å²) < 4.78 is 0. The van der Waals surface area contributed by atoms with Crippen molar-refractivity contribution in [3.05, 3.63) is 21.9 Å². The molecule has 2 fully saturated rings. The maximum atomic E-state index is 12.1. The third-order valence-corrected chi connectivity index (χ3v) is 6.22. The fraction of sp³-hybridized carbons (Fsp3) is 0.643. The first-order valence-electron chi connectivity index (χ1n) is 6.95. The Kier molecular flexibility index (Phi) is 4.15.